The van der Waals surface area contributed by atoms with E-state index in [9.17, 15) is 14.7 Å². The minimum absolute atomic E-state index is 0.0575. The Balaban J connectivity index is 1.63. The average Bonchev–Trinajstić information content (AvgIpc) is 2.91. The van der Waals surface area contributed by atoms with Crippen LogP contribution in [0.2, 0.25) is 0 Å². The summed E-state index contributed by atoms with van der Waals surface area (Å²) >= 11 is 1.75. The van der Waals surface area contributed by atoms with Crippen LogP contribution >= 0.6 is 11.8 Å². The number of piperidine rings is 2. The van der Waals surface area contributed by atoms with E-state index in [1.807, 2.05) is 19.1 Å². The third kappa shape index (κ3) is 3.46. The molecule has 1 saturated carbocycles. The van der Waals surface area contributed by atoms with Crippen LogP contribution in [0, 0.1) is 11.3 Å². The molecular formula is C27H37NO4S. The number of ether oxygens (including phenoxy) is 1. The molecule has 5 nitrogen and oxygen atoms in total. The zero-order chi connectivity index (χ0) is 23.2. The first-order chi connectivity index (χ1) is 16.0. The van der Waals surface area contributed by atoms with Crippen LogP contribution in [0.25, 0.3) is 0 Å². The lowest BCUT2D eigenvalue weighted by Crippen LogP contribution is -2.75. The highest BCUT2D eigenvalue weighted by Crippen LogP contribution is 2.65. The van der Waals surface area contributed by atoms with E-state index in [2.05, 4.69) is 17.2 Å². The summed E-state index contributed by atoms with van der Waals surface area (Å²) in [5, 5.41) is 10.4. The van der Waals surface area contributed by atoms with Gasteiger partial charge in [0.15, 0.2) is 5.78 Å². The maximum atomic E-state index is 13.9. The highest BCUT2D eigenvalue weighted by atomic mass is 32.2. The van der Waals surface area contributed by atoms with Crippen molar-refractivity contribution >= 4 is 23.5 Å². The lowest BCUT2D eigenvalue weighted by atomic mass is 9.43. The smallest absolute Gasteiger partial charge is 0.321 e. The van der Waals surface area contributed by atoms with Gasteiger partial charge >= 0.3 is 5.97 Å². The molecule has 0 aromatic heterocycles. The molecule has 3 aliphatic heterocycles. The van der Waals surface area contributed by atoms with Gasteiger partial charge in [-0.3, -0.25) is 14.5 Å². The van der Waals surface area contributed by atoms with Crippen LogP contribution in [0.4, 0.5) is 0 Å². The normalized spacial score (nSPS) is 36.4. The van der Waals surface area contributed by atoms with Crippen molar-refractivity contribution in [3.05, 3.63) is 29.3 Å². The van der Waals surface area contributed by atoms with Crippen LogP contribution in [-0.4, -0.2) is 59.0 Å². The Bertz CT molecular complexity index is 935. The molecule has 3 heterocycles. The predicted octanol–water partition coefficient (Wildman–Crippen LogP) is 4.48. The summed E-state index contributed by atoms with van der Waals surface area (Å²) in [6.07, 6.45) is 10.2. The van der Waals surface area contributed by atoms with Gasteiger partial charge in [0.05, 0.1) is 6.61 Å². The van der Waals surface area contributed by atoms with E-state index in [1.54, 1.807) is 11.8 Å². The highest BCUT2D eigenvalue weighted by Gasteiger charge is 2.70. The number of Topliss-reactive ketones (excluding diaryl/α,β-unsaturated/α-hetero) is 1. The Morgan fingerprint density at radius 1 is 1.24 bits per heavy atom. The number of fused-ring (bicyclic) bond motifs is 2. The predicted molar refractivity (Wildman–Crippen MR) is 131 cm³/mol. The molecule has 6 heteroatoms. The lowest BCUT2D eigenvalue weighted by molar-refractivity contribution is -0.193. The van der Waals surface area contributed by atoms with E-state index in [1.165, 1.54) is 17.5 Å². The van der Waals surface area contributed by atoms with Gasteiger partial charge < -0.3 is 9.84 Å². The molecule has 0 amide bonds. The maximum absolute atomic E-state index is 13.9. The Morgan fingerprint density at radius 3 is 2.88 bits per heavy atom. The summed E-state index contributed by atoms with van der Waals surface area (Å²) < 4.78 is 5.65. The van der Waals surface area contributed by atoms with Gasteiger partial charge in [0.25, 0.3) is 0 Å². The van der Waals surface area contributed by atoms with Crippen LogP contribution in [-0.2, 0) is 26.2 Å². The van der Waals surface area contributed by atoms with Gasteiger partial charge in [0.1, 0.15) is 11.2 Å². The van der Waals surface area contributed by atoms with Crippen molar-refractivity contribution in [1.29, 1.82) is 0 Å². The zero-order valence-corrected chi connectivity index (χ0v) is 20.8. The molecule has 5 aliphatic rings. The minimum atomic E-state index is -1.04. The van der Waals surface area contributed by atoms with Gasteiger partial charge in [-0.05, 0) is 93.2 Å². The lowest BCUT2D eigenvalue weighted by Gasteiger charge is -2.68. The number of aromatic hydroxyl groups is 1. The summed E-state index contributed by atoms with van der Waals surface area (Å²) in [5.74, 6) is 1.30. The van der Waals surface area contributed by atoms with Crippen molar-refractivity contribution in [3.63, 3.8) is 0 Å². The molecule has 4 fully saturated rings. The number of hydrogen-bond donors (Lipinski definition) is 1. The second-order valence-corrected chi connectivity index (χ2v) is 11.5. The molecule has 180 valence electrons. The highest BCUT2D eigenvalue weighted by molar-refractivity contribution is 7.98. The SMILES string of the molecule is CCOC(=O)C1(C(=O)CCCSC)CC2C3Cc4ccc(O)cc4[C@]24CCCCCN3C1C4. The summed E-state index contributed by atoms with van der Waals surface area (Å²) in [6.45, 7) is 3.10. The van der Waals surface area contributed by atoms with Gasteiger partial charge in [-0.2, -0.15) is 11.8 Å². The first-order valence-electron chi connectivity index (χ1n) is 12.8. The molecule has 2 aliphatic carbocycles. The number of benzene rings is 1. The Hall–Kier alpha value is -1.53. The van der Waals surface area contributed by atoms with Crippen molar-refractivity contribution in [1.82, 2.24) is 4.90 Å². The Morgan fingerprint density at radius 2 is 2.09 bits per heavy atom. The van der Waals surface area contributed by atoms with Gasteiger partial charge in [0, 0.05) is 23.9 Å². The fourth-order valence-electron chi connectivity index (χ4n) is 7.86. The van der Waals surface area contributed by atoms with Crippen LogP contribution < -0.4 is 0 Å². The number of phenols is 1. The van der Waals surface area contributed by atoms with Crippen LogP contribution in [0.15, 0.2) is 18.2 Å². The first kappa shape index (κ1) is 23.2. The number of carbonyl (C=O) groups is 2. The third-order valence-electron chi connectivity index (χ3n) is 9.16. The molecule has 6 rings (SSSR count). The van der Waals surface area contributed by atoms with Gasteiger partial charge in [-0.15, -0.1) is 0 Å². The third-order valence-corrected chi connectivity index (χ3v) is 9.85. The number of esters is 1. The average molecular weight is 472 g/mol. The molecule has 1 aromatic carbocycles. The van der Waals surface area contributed by atoms with Crippen LogP contribution in [0.5, 0.6) is 5.75 Å². The molecule has 0 spiro atoms. The molecule has 3 saturated heterocycles. The van der Waals surface area contributed by atoms with Crippen molar-refractivity contribution in [3.8, 4) is 5.75 Å². The fraction of sp³-hybridized carbons (Fsp3) is 0.704. The largest absolute Gasteiger partial charge is 0.508 e. The number of phenolic OH excluding ortho intramolecular Hbond substituents is 1. The van der Waals surface area contributed by atoms with E-state index in [0.29, 0.717) is 31.2 Å². The van der Waals surface area contributed by atoms with Gasteiger partial charge in [-0.1, -0.05) is 18.9 Å². The van der Waals surface area contributed by atoms with E-state index in [4.69, 9.17) is 4.74 Å². The van der Waals surface area contributed by atoms with E-state index >= 15 is 0 Å². The summed E-state index contributed by atoms with van der Waals surface area (Å²) in [5.41, 5.74) is 1.52. The van der Waals surface area contributed by atoms with Crippen LogP contribution in [0.1, 0.15) is 69.4 Å². The number of hydrogen-bond acceptors (Lipinski definition) is 6. The number of ketones is 1. The molecule has 5 bridgehead atoms. The topological polar surface area (TPSA) is 66.8 Å². The molecule has 1 aromatic rings. The van der Waals surface area contributed by atoms with Crippen molar-refractivity contribution in [2.45, 2.75) is 82.2 Å². The van der Waals surface area contributed by atoms with Crippen molar-refractivity contribution in [2.75, 3.05) is 25.2 Å². The standard InChI is InChI=1S/C27H37NO4S/c1-3-32-25(31)27(24(30)8-7-13-33-2)16-21-22-14-18-9-10-19(29)15-20(18)26(21)11-5-4-6-12-28(22)23(27)17-26/h9-10,15,21-23,29H,3-8,11-14,16-17H2,1-2H3/t21?,22?,23?,26-,27?/m1/s1. The van der Waals surface area contributed by atoms with Crippen LogP contribution in [0.3, 0.4) is 0 Å². The monoisotopic (exact) mass is 471 g/mol. The second kappa shape index (κ2) is 8.92. The second-order valence-electron chi connectivity index (χ2n) is 10.6. The summed E-state index contributed by atoms with van der Waals surface area (Å²) in [7, 11) is 0. The number of rotatable bonds is 7. The quantitative estimate of drug-likeness (QED) is 0.359. The fourth-order valence-corrected chi connectivity index (χ4v) is 8.30. The molecule has 1 N–H and O–H groups in total. The molecule has 6 atom stereocenters. The molecule has 0 radical (unpaired) electrons. The Kier molecular flexibility index (Phi) is 6.28. The van der Waals surface area contributed by atoms with Crippen molar-refractivity contribution in [2.24, 2.45) is 11.3 Å². The minimum Gasteiger partial charge on any atom is -0.508 e. The molecular weight excluding hydrogens is 434 g/mol. The number of carbonyl (C=O) groups excluding carboxylic acids is 2. The maximum Gasteiger partial charge on any atom is 0.321 e. The molecule has 33 heavy (non-hydrogen) atoms. The Labute approximate surface area is 201 Å². The zero-order valence-electron chi connectivity index (χ0n) is 20.0. The van der Waals surface area contributed by atoms with E-state index < -0.39 is 5.41 Å². The summed E-state index contributed by atoms with van der Waals surface area (Å²) in [4.78, 5) is 30.1. The van der Waals surface area contributed by atoms with Crippen molar-refractivity contribution < 1.29 is 19.4 Å². The number of thioether (sulfide) groups is 1. The van der Waals surface area contributed by atoms with E-state index in [-0.39, 0.29) is 29.1 Å². The van der Waals surface area contributed by atoms with Gasteiger partial charge in [-0.25, -0.2) is 0 Å². The first-order valence-corrected chi connectivity index (χ1v) is 14.1. The molecule has 5 unspecified atom stereocenters. The van der Waals surface area contributed by atoms with Gasteiger partial charge in [0.2, 0.25) is 0 Å². The number of nitrogens with zero attached hydrogens (tertiary/aromatic N) is 1. The van der Waals surface area contributed by atoms with E-state index in [0.717, 1.165) is 50.8 Å². The summed E-state index contributed by atoms with van der Waals surface area (Å²) in [6, 6.07) is 6.16.